The van der Waals surface area contributed by atoms with E-state index in [0.717, 1.165) is 42.1 Å². The van der Waals surface area contributed by atoms with Crippen LogP contribution in [0, 0.1) is 0 Å². The number of carbonyl (C=O) groups is 1. The maximum Gasteiger partial charge on any atom is 0.270 e. The van der Waals surface area contributed by atoms with Crippen molar-refractivity contribution in [2.45, 2.75) is 50.5 Å². The summed E-state index contributed by atoms with van der Waals surface area (Å²) in [6, 6.07) is 10.1. The largest absolute Gasteiger partial charge is 0.311 e. The summed E-state index contributed by atoms with van der Waals surface area (Å²) in [4.78, 5) is 29.9. The van der Waals surface area contributed by atoms with E-state index in [1.54, 1.807) is 6.20 Å². The van der Waals surface area contributed by atoms with Crippen LogP contribution in [0.4, 0.5) is 5.82 Å². The predicted octanol–water partition coefficient (Wildman–Crippen LogP) is 3.70. The number of nitrogens with zero attached hydrogens (tertiary/aromatic N) is 2. The molecule has 0 bridgehead atoms. The highest BCUT2D eigenvalue weighted by Crippen LogP contribution is 2.40. The minimum atomic E-state index is -0.254. The number of H-pyrrole nitrogens is 1. The number of pyridine rings is 1. The molecule has 1 amide bonds. The van der Waals surface area contributed by atoms with E-state index in [2.05, 4.69) is 15.4 Å². The zero-order valence-corrected chi connectivity index (χ0v) is 15.1. The molecule has 1 unspecified atom stereocenters. The molecule has 6 heteroatoms. The maximum absolute atomic E-state index is 12.9. The number of benzene rings is 1. The summed E-state index contributed by atoms with van der Waals surface area (Å²) in [6.45, 7) is 0. The van der Waals surface area contributed by atoms with Gasteiger partial charge in [0.15, 0.2) is 0 Å². The second-order valence-electron chi connectivity index (χ2n) is 7.59. The van der Waals surface area contributed by atoms with E-state index in [4.69, 9.17) is 0 Å². The van der Waals surface area contributed by atoms with Gasteiger partial charge in [0.2, 0.25) is 5.91 Å². The highest BCUT2D eigenvalue weighted by molar-refractivity contribution is 5.95. The van der Waals surface area contributed by atoms with Crippen molar-refractivity contribution in [2.24, 2.45) is 0 Å². The molecule has 0 saturated heterocycles. The first-order chi connectivity index (χ1) is 13.2. The lowest BCUT2D eigenvalue weighted by Crippen LogP contribution is -2.27. The molecule has 2 N–H and O–H groups in total. The Morgan fingerprint density at radius 3 is 2.70 bits per heavy atom. The van der Waals surface area contributed by atoms with Crippen molar-refractivity contribution in [1.82, 2.24) is 14.8 Å². The van der Waals surface area contributed by atoms with Gasteiger partial charge in [-0.15, -0.1) is 0 Å². The zero-order valence-electron chi connectivity index (χ0n) is 15.1. The van der Waals surface area contributed by atoms with Crippen molar-refractivity contribution in [3.63, 3.8) is 0 Å². The molecule has 2 aliphatic rings. The third-order valence-corrected chi connectivity index (χ3v) is 5.96. The number of aromatic amines is 1. The van der Waals surface area contributed by atoms with Crippen LogP contribution >= 0.6 is 0 Å². The van der Waals surface area contributed by atoms with Gasteiger partial charge in [-0.2, -0.15) is 0 Å². The van der Waals surface area contributed by atoms with Gasteiger partial charge in [-0.25, -0.2) is 0 Å². The van der Waals surface area contributed by atoms with Crippen LogP contribution in [0.25, 0.3) is 10.9 Å². The molecule has 3 aromatic rings. The topological polar surface area (TPSA) is 79.8 Å². The first-order valence-electron chi connectivity index (χ1n) is 9.70. The third kappa shape index (κ3) is 2.67. The monoisotopic (exact) mass is 362 g/mol. The summed E-state index contributed by atoms with van der Waals surface area (Å²) in [5, 5.41) is 6.99. The summed E-state index contributed by atoms with van der Waals surface area (Å²) in [5.41, 5.74) is 2.45. The van der Waals surface area contributed by atoms with E-state index in [1.165, 1.54) is 6.42 Å². The number of carbonyl (C=O) groups excluding carboxylic acids is 1. The van der Waals surface area contributed by atoms with Crippen LogP contribution in [0.1, 0.15) is 61.6 Å². The molecule has 3 heterocycles. The van der Waals surface area contributed by atoms with Gasteiger partial charge in [-0.3, -0.25) is 24.4 Å². The van der Waals surface area contributed by atoms with Gasteiger partial charge in [0, 0.05) is 23.9 Å². The molecule has 0 spiro atoms. The molecule has 1 saturated carbocycles. The van der Waals surface area contributed by atoms with Gasteiger partial charge < -0.3 is 5.32 Å². The molecule has 1 aliphatic carbocycles. The average molecular weight is 362 g/mol. The normalized spacial score (nSPS) is 20.4. The van der Waals surface area contributed by atoms with Gasteiger partial charge in [0.25, 0.3) is 5.56 Å². The number of hydrogen-bond donors (Lipinski definition) is 2. The van der Waals surface area contributed by atoms with Crippen molar-refractivity contribution in [3.8, 4) is 0 Å². The minimum absolute atomic E-state index is 0.0445. The second kappa shape index (κ2) is 6.37. The molecule has 1 fully saturated rings. The number of hydrogen-bond acceptors (Lipinski definition) is 3. The predicted molar refractivity (Wildman–Crippen MR) is 104 cm³/mol. The summed E-state index contributed by atoms with van der Waals surface area (Å²) >= 11 is 0. The van der Waals surface area contributed by atoms with Crippen LogP contribution in [-0.2, 0) is 4.79 Å². The minimum Gasteiger partial charge on any atom is -0.311 e. The van der Waals surface area contributed by atoms with Crippen LogP contribution in [0.5, 0.6) is 0 Å². The highest BCUT2D eigenvalue weighted by atomic mass is 16.2. The van der Waals surface area contributed by atoms with Crippen LogP contribution in [0.3, 0.4) is 0 Å². The smallest absolute Gasteiger partial charge is 0.270 e. The molecule has 1 aliphatic heterocycles. The fourth-order valence-corrected chi connectivity index (χ4v) is 4.68. The van der Waals surface area contributed by atoms with Crippen molar-refractivity contribution < 1.29 is 4.79 Å². The lowest BCUT2D eigenvalue weighted by atomic mass is 9.85. The van der Waals surface area contributed by atoms with Crippen molar-refractivity contribution in [2.75, 3.05) is 5.32 Å². The number of anilines is 1. The molecule has 5 rings (SSSR count). The van der Waals surface area contributed by atoms with E-state index in [0.29, 0.717) is 11.4 Å². The number of amides is 1. The Labute approximate surface area is 156 Å². The summed E-state index contributed by atoms with van der Waals surface area (Å²) in [5.74, 6) is 0.362. The molecule has 6 nitrogen and oxygen atoms in total. The number of para-hydroxylation sites is 1. The Morgan fingerprint density at radius 2 is 1.85 bits per heavy atom. The zero-order chi connectivity index (χ0) is 18.4. The Bertz CT molecular complexity index is 1070. The highest BCUT2D eigenvalue weighted by Gasteiger charge is 2.35. The third-order valence-electron chi connectivity index (χ3n) is 5.96. The van der Waals surface area contributed by atoms with Crippen LogP contribution in [0.2, 0.25) is 0 Å². The number of aromatic nitrogens is 3. The molecular formula is C21H22N4O2. The van der Waals surface area contributed by atoms with Crippen LogP contribution in [-0.4, -0.2) is 20.7 Å². The lowest BCUT2D eigenvalue weighted by Gasteiger charge is -2.28. The summed E-state index contributed by atoms with van der Waals surface area (Å²) in [7, 11) is 0. The quantitative estimate of drug-likeness (QED) is 0.729. The van der Waals surface area contributed by atoms with E-state index in [1.807, 2.05) is 35.0 Å². The van der Waals surface area contributed by atoms with E-state index in [-0.39, 0.29) is 29.8 Å². The van der Waals surface area contributed by atoms with Crippen LogP contribution < -0.4 is 10.9 Å². The summed E-state index contributed by atoms with van der Waals surface area (Å²) in [6.07, 6.45) is 7.67. The first kappa shape index (κ1) is 16.3. The lowest BCUT2D eigenvalue weighted by molar-refractivity contribution is -0.116. The molecule has 1 aromatic carbocycles. The molecule has 138 valence electrons. The van der Waals surface area contributed by atoms with Gasteiger partial charge >= 0.3 is 0 Å². The Morgan fingerprint density at radius 1 is 1.04 bits per heavy atom. The fraction of sp³-hybridized carbons (Fsp3) is 0.381. The van der Waals surface area contributed by atoms with Crippen molar-refractivity contribution >= 4 is 22.6 Å². The average Bonchev–Trinajstić information content (AvgIpc) is 3.04. The van der Waals surface area contributed by atoms with Gasteiger partial charge in [-0.1, -0.05) is 37.5 Å². The number of rotatable bonds is 2. The van der Waals surface area contributed by atoms with Gasteiger partial charge in [-0.05, 0) is 30.5 Å². The van der Waals surface area contributed by atoms with Gasteiger partial charge in [0.05, 0.1) is 17.1 Å². The van der Waals surface area contributed by atoms with Gasteiger partial charge in [0.1, 0.15) is 5.82 Å². The van der Waals surface area contributed by atoms with Crippen molar-refractivity contribution in [1.29, 1.82) is 0 Å². The Hall–Kier alpha value is -2.89. The molecule has 0 radical (unpaired) electrons. The maximum atomic E-state index is 12.9. The van der Waals surface area contributed by atoms with Crippen molar-refractivity contribution in [3.05, 3.63) is 58.0 Å². The number of fused-ring (bicyclic) bond motifs is 2. The molecule has 2 aromatic heterocycles. The Balaban J connectivity index is 1.67. The molecule has 1 atom stereocenters. The number of nitrogens with one attached hydrogen (secondary N) is 2. The summed E-state index contributed by atoms with van der Waals surface area (Å²) < 4.78 is 1.92. The van der Waals surface area contributed by atoms with Crippen LogP contribution in [0.15, 0.2) is 41.3 Å². The standard InChI is InChI=1S/C21H22N4O2/c26-18-12-16(14-10-11-22-17-9-5-4-8-15(14)17)19-20(23-18)25(24-21(19)27)13-6-2-1-3-7-13/h4-5,8-11,13,16H,1-3,6-7,12H2,(H,23,26)(H,24,27). The van der Waals surface area contributed by atoms with E-state index in [9.17, 15) is 9.59 Å². The SMILES string of the molecule is O=C1CC(c2ccnc3ccccc23)c2c(n(C3CCCCC3)[nH]c2=O)N1. The van der Waals surface area contributed by atoms with E-state index >= 15 is 0 Å². The fourth-order valence-electron chi connectivity index (χ4n) is 4.68. The molecule has 27 heavy (non-hydrogen) atoms. The van der Waals surface area contributed by atoms with E-state index < -0.39 is 0 Å². The first-order valence-corrected chi connectivity index (χ1v) is 9.70. The second-order valence-corrected chi connectivity index (χ2v) is 7.59. The molecular weight excluding hydrogens is 340 g/mol. The Kier molecular flexibility index (Phi) is 3.85.